The quantitative estimate of drug-likeness (QED) is 0.143. The normalized spacial score (nSPS) is 12.4. The fourth-order valence-electron chi connectivity index (χ4n) is 9.31. The monoisotopic (exact) mass is 820 g/mol. The van der Waals surface area contributed by atoms with Crippen molar-refractivity contribution >= 4 is 18.6 Å². The van der Waals surface area contributed by atoms with Gasteiger partial charge in [0, 0.05) is 22.0 Å². The van der Waals surface area contributed by atoms with Crippen LogP contribution in [0.2, 0.25) is 13.1 Å². The van der Waals surface area contributed by atoms with Gasteiger partial charge < -0.3 is 0 Å². The second-order valence-electron chi connectivity index (χ2n) is 17.0. The molecule has 1 aromatic heterocycles. The summed E-state index contributed by atoms with van der Waals surface area (Å²) in [5, 5.41) is 2.63. The van der Waals surface area contributed by atoms with E-state index in [-0.39, 0.29) is 0 Å². The molecule has 0 radical (unpaired) electrons. The van der Waals surface area contributed by atoms with E-state index in [4.69, 9.17) is 9.97 Å². The minimum atomic E-state index is -2.10. The summed E-state index contributed by atoms with van der Waals surface area (Å²) in [5.74, 6) is 0.770. The van der Waals surface area contributed by atoms with Crippen LogP contribution in [-0.4, -0.2) is 18.0 Å². The molecule has 1 aliphatic rings. The van der Waals surface area contributed by atoms with Crippen LogP contribution in [0.3, 0.4) is 0 Å². The fourth-order valence-corrected chi connectivity index (χ4v) is 12.2. The molecular weight excluding hydrogens is 777 g/mol. The highest BCUT2D eigenvalue weighted by molar-refractivity contribution is 7.03. The van der Waals surface area contributed by atoms with Gasteiger partial charge in [0.05, 0.1) is 5.69 Å². The molecule has 0 N–H and O–H groups in total. The average molecular weight is 821 g/mol. The molecule has 0 bridgehead atoms. The number of aromatic nitrogens is 2. The Morgan fingerprint density at radius 2 is 0.635 bits per heavy atom. The minimum absolute atomic E-state index is 0.770. The summed E-state index contributed by atoms with van der Waals surface area (Å²) in [6.45, 7) is 4.85. The highest BCUT2D eigenvalue weighted by Crippen LogP contribution is 2.39. The van der Waals surface area contributed by atoms with Gasteiger partial charge >= 0.3 is 0 Å². The number of hydrogen-bond acceptors (Lipinski definition) is 2. The molecule has 0 saturated carbocycles. The van der Waals surface area contributed by atoms with Crippen molar-refractivity contribution in [3.63, 3.8) is 0 Å². The van der Waals surface area contributed by atoms with Gasteiger partial charge in [-0.15, -0.1) is 0 Å². The van der Waals surface area contributed by atoms with Crippen molar-refractivity contribution in [1.82, 2.24) is 9.97 Å². The standard InChI is InChI=1S/C60H44N2Si/c1-63(2)56-30-13-12-29-55(56)57-58(51-28-16-24-47(37-51)41-17-6-3-7-18-41)61-59(62-60(57)63)45-33-31-44(32-34-45)46-23-14-25-48(35-46)49-26-15-27-50(36-49)54-39-52(42-19-8-4-9-20-42)38-53(40-54)43-21-10-5-11-22-43/h3-40H,1-2H3. The first kappa shape index (κ1) is 38.2. The molecule has 0 saturated heterocycles. The Bertz CT molecular complexity index is 3230. The third kappa shape index (κ3) is 7.23. The Morgan fingerprint density at radius 1 is 0.286 bits per heavy atom. The molecule has 0 fully saturated rings. The maximum absolute atomic E-state index is 5.44. The lowest BCUT2D eigenvalue weighted by Crippen LogP contribution is -2.50. The smallest absolute Gasteiger partial charge is 0.159 e. The lowest BCUT2D eigenvalue weighted by molar-refractivity contribution is 1.21. The summed E-state index contributed by atoms with van der Waals surface area (Å²) < 4.78 is 0. The van der Waals surface area contributed by atoms with Gasteiger partial charge in [0.25, 0.3) is 0 Å². The summed E-state index contributed by atoms with van der Waals surface area (Å²) >= 11 is 0. The van der Waals surface area contributed by atoms with E-state index in [1.165, 1.54) is 82.8 Å². The molecule has 0 unspecified atom stereocenters. The van der Waals surface area contributed by atoms with Gasteiger partial charge in [0.15, 0.2) is 5.82 Å². The maximum Gasteiger partial charge on any atom is 0.159 e. The summed E-state index contributed by atoms with van der Waals surface area (Å²) in [6.07, 6.45) is 0. The van der Waals surface area contributed by atoms with E-state index >= 15 is 0 Å². The van der Waals surface area contributed by atoms with E-state index in [0.717, 1.165) is 28.2 Å². The molecule has 0 amide bonds. The topological polar surface area (TPSA) is 25.8 Å². The SMILES string of the molecule is C[Si]1(C)c2ccccc2-c2c(-c3cccc(-c4ccccc4)c3)nc(-c3ccc(-c4cccc(-c5cccc(-c6cc(-c7ccccc7)cc(-c7ccccc7)c6)c5)c4)cc3)nc21. The number of rotatable bonds is 8. The van der Waals surface area contributed by atoms with Crippen molar-refractivity contribution in [2.75, 3.05) is 0 Å². The van der Waals surface area contributed by atoms with Crippen LogP contribution < -0.4 is 10.5 Å². The van der Waals surface area contributed by atoms with Gasteiger partial charge in [-0.05, 0) is 114 Å². The Morgan fingerprint density at radius 3 is 1.17 bits per heavy atom. The Hall–Kier alpha value is -7.72. The zero-order valence-electron chi connectivity index (χ0n) is 35.3. The van der Waals surface area contributed by atoms with Crippen LogP contribution in [0, 0.1) is 0 Å². The van der Waals surface area contributed by atoms with Crippen molar-refractivity contribution in [3.8, 4) is 101 Å². The second kappa shape index (κ2) is 16.0. The zero-order chi connectivity index (χ0) is 42.3. The molecule has 0 spiro atoms. The number of fused-ring (bicyclic) bond motifs is 3. The summed E-state index contributed by atoms with van der Waals surface area (Å²) in [7, 11) is -2.10. The summed E-state index contributed by atoms with van der Waals surface area (Å²) in [5.41, 5.74) is 19.8. The van der Waals surface area contributed by atoms with Gasteiger partial charge in [-0.1, -0.05) is 207 Å². The van der Waals surface area contributed by atoms with Crippen LogP contribution in [0.1, 0.15) is 0 Å². The van der Waals surface area contributed by atoms with Crippen LogP contribution in [0.5, 0.6) is 0 Å². The van der Waals surface area contributed by atoms with Crippen molar-refractivity contribution in [2.24, 2.45) is 0 Å². The number of hydrogen-bond donors (Lipinski definition) is 0. The Balaban J connectivity index is 0.942. The minimum Gasteiger partial charge on any atom is -0.237 e. The fraction of sp³-hybridized carbons (Fsp3) is 0.0333. The molecular formula is C60H44N2Si. The molecule has 0 atom stereocenters. The van der Waals surface area contributed by atoms with E-state index in [2.05, 4.69) is 244 Å². The molecule has 1 aliphatic heterocycles. The van der Waals surface area contributed by atoms with E-state index in [1.807, 2.05) is 0 Å². The van der Waals surface area contributed by atoms with Crippen LogP contribution in [0.4, 0.5) is 0 Å². The first-order valence-corrected chi connectivity index (χ1v) is 24.7. The molecule has 9 aromatic carbocycles. The molecule has 298 valence electrons. The largest absolute Gasteiger partial charge is 0.237 e. The van der Waals surface area contributed by atoms with Crippen molar-refractivity contribution in [3.05, 3.63) is 231 Å². The molecule has 10 aromatic rings. The number of benzene rings is 9. The van der Waals surface area contributed by atoms with Gasteiger partial charge in [0.2, 0.25) is 0 Å². The van der Waals surface area contributed by atoms with E-state index in [0.29, 0.717) is 0 Å². The Labute approximate surface area is 370 Å². The molecule has 2 nitrogen and oxygen atoms in total. The van der Waals surface area contributed by atoms with Gasteiger partial charge in [-0.3, -0.25) is 0 Å². The van der Waals surface area contributed by atoms with Crippen molar-refractivity contribution < 1.29 is 0 Å². The third-order valence-corrected chi connectivity index (χ3v) is 16.0. The first-order valence-electron chi connectivity index (χ1n) is 21.7. The van der Waals surface area contributed by atoms with E-state index in [1.54, 1.807) is 0 Å². The van der Waals surface area contributed by atoms with Crippen molar-refractivity contribution in [1.29, 1.82) is 0 Å². The summed E-state index contributed by atoms with van der Waals surface area (Å²) in [4.78, 5) is 10.9. The number of nitrogens with zero attached hydrogens (tertiary/aromatic N) is 2. The van der Waals surface area contributed by atoms with Crippen LogP contribution in [-0.2, 0) is 0 Å². The third-order valence-electron chi connectivity index (χ3n) is 12.6. The first-order chi connectivity index (χ1) is 31.0. The van der Waals surface area contributed by atoms with Crippen LogP contribution in [0.25, 0.3) is 101 Å². The van der Waals surface area contributed by atoms with Gasteiger partial charge in [0.1, 0.15) is 8.07 Å². The summed E-state index contributed by atoms with van der Waals surface area (Å²) in [6, 6.07) is 83.2. The molecule has 0 aliphatic carbocycles. The van der Waals surface area contributed by atoms with Crippen LogP contribution in [0.15, 0.2) is 231 Å². The highest BCUT2D eigenvalue weighted by atomic mass is 28.3. The molecule has 2 heterocycles. The van der Waals surface area contributed by atoms with Crippen LogP contribution >= 0.6 is 0 Å². The zero-order valence-corrected chi connectivity index (χ0v) is 36.3. The van der Waals surface area contributed by atoms with Gasteiger partial charge in [-0.25, -0.2) is 9.97 Å². The van der Waals surface area contributed by atoms with Crippen molar-refractivity contribution in [2.45, 2.75) is 13.1 Å². The average Bonchev–Trinajstić information content (AvgIpc) is 3.60. The lowest BCUT2D eigenvalue weighted by Gasteiger charge is -2.19. The Kier molecular flexibility index (Phi) is 9.68. The predicted octanol–water partition coefficient (Wildman–Crippen LogP) is 14.6. The molecule has 3 heteroatoms. The van der Waals surface area contributed by atoms with E-state index in [9.17, 15) is 0 Å². The highest BCUT2D eigenvalue weighted by Gasteiger charge is 2.41. The second-order valence-corrected chi connectivity index (χ2v) is 21.3. The maximum atomic E-state index is 5.44. The van der Waals surface area contributed by atoms with E-state index < -0.39 is 8.07 Å². The predicted molar refractivity (Wildman–Crippen MR) is 268 cm³/mol. The molecule has 11 rings (SSSR count). The lowest BCUT2D eigenvalue weighted by atomic mass is 9.92. The van der Waals surface area contributed by atoms with Gasteiger partial charge in [-0.2, -0.15) is 0 Å². The molecule has 63 heavy (non-hydrogen) atoms.